The van der Waals surface area contributed by atoms with E-state index in [-0.39, 0.29) is 0 Å². The third kappa shape index (κ3) is 3.43. The van der Waals surface area contributed by atoms with Crippen LogP contribution in [0.25, 0.3) is 0 Å². The summed E-state index contributed by atoms with van der Waals surface area (Å²) in [6, 6.07) is 0. The lowest BCUT2D eigenvalue weighted by Crippen LogP contribution is -2.60. The molecule has 2 nitrogen and oxygen atoms in total. The highest BCUT2D eigenvalue weighted by molar-refractivity contribution is 5.88. The topological polar surface area (TPSA) is 26.3 Å². The Bertz CT molecular complexity index is 414. The molecule has 0 heterocycles. The summed E-state index contributed by atoms with van der Waals surface area (Å²) in [5.41, 5.74) is -9.21. The van der Waals surface area contributed by atoms with Crippen molar-refractivity contribution in [1.29, 1.82) is 0 Å². The first-order chi connectivity index (χ1) is 9.53. The lowest BCUT2D eigenvalue weighted by Gasteiger charge is -2.38. The van der Waals surface area contributed by atoms with Gasteiger partial charge in [0.15, 0.2) is 0 Å². The van der Waals surface area contributed by atoms with E-state index in [1.807, 2.05) is 0 Å². The molecule has 13 heteroatoms. The summed E-state index contributed by atoms with van der Waals surface area (Å²) in [4.78, 5) is 10.7. The smallest absolute Gasteiger partial charge is 0.412 e. The van der Waals surface area contributed by atoms with Crippen molar-refractivity contribution in [3.8, 4) is 0 Å². The first-order valence-corrected chi connectivity index (χ1v) is 4.85. The first kappa shape index (κ1) is 20.4. The predicted octanol–water partition coefficient (Wildman–Crippen LogP) is 4.37. The van der Waals surface area contributed by atoms with Crippen LogP contribution in [0.3, 0.4) is 0 Å². The van der Waals surface area contributed by atoms with Gasteiger partial charge in [0.25, 0.3) is 11.5 Å². The Morgan fingerprint density at radius 3 is 1.32 bits per heavy atom. The summed E-state index contributed by atoms with van der Waals surface area (Å²) in [6.45, 7) is 0. The molecule has 0 aliphatic rings. The van der Waals surface area contributed by atoms with E-state index in [2.05, 4.69) is 4.74 Å². The summed E-state index contributed by atoms with van der Waals surface area (Å²) in [5, 5.41) is 0. The molecule has 0 aromatic rings. The molecule has 0 N–H and O–H groups in total. The molecule has 130 valence electrons. The lowest BCUT2D eigenvalue weighted by atomic mass is 9.79. The molecule has 0 saturated carbocycles. The fourth-order valence-corrected chi connectivity index (χ4v) is 1.39. The Kier molecular flexibility index (Phi) is 5.49. The van der Waals surface area contributed by atoms with Crippen molar-refractivity contribution in [2.45, 2.75) is 24.9 Å². The van der Waals surface area contributed by atoms with Crippen LogP contribution in [0.5, 0.6) is 0 Å². The second-order valence-corrected chi connectivity index (χ2v) is 3.81. The van der Waals surface area contributed by atoms with Gasteiger partial charge in [-0.1, -0.05) is 0 Å². The van der Waals surface area contributed by atoms with Crippen molar-refractivity contribution in [2.24, 2.45) is 5.41 Å². The molecule has 0 rings (SSSR count). The largest absolute Gasteiger partial charge is 0.466 e. The van der Waals surface area contributed by atoms with Crippen LogP contribution in [0.4, 0.5) is 48.3 Å². The Morgan fingerprint density at radius 2 is 1.14 bits per heavy atom. The molecule has 0 radical (unpaired) electrons. The van der Waals surface area contributed by atoms with Crippen LogP contribution in [0.1, 0.15) is 6.42 Å². The first-order valence-electron chi connectivity index (χ1n) is 4.85. The third-order valence-corrected chi connectivity index (χ3v) is 2.55. The molecule has 0 saturated heterocycles. The number of rotatable bonds is 3. The molecule has 0 atom stereocenters. The van der Waals surface area contributed by atoms with Gasteiger partial charge in [0.1, 0.15) is 5.57 Å². The Balaban J connectivity index is 6.48. The maximum absolute atomic E-state index is 12.5. The van der Waals surface area contributed by atoms with Crippen LogP contribution < -0.4 is 0 Å². The van der Waals surface area contributed by atoms with Gasteiger partial charge in [0, 0.05) is 6.42 Å². The number of ether oxygens (including phenoxy) is 1. The van der Waals surface area contributed by atoms with Gasteiger partial charge in [-0.25, -0.2) is 4.79 Å². The van der Waals surface area contributed by atoms with Crippen molar-refractivity contribution in [3.63, 3.8) is 0 Å². The van der Waals surface area contributed by atoms with Crippen LogP contribution in [0.15, 0.2) is 11.7 Å². The molecule has 0 unspecified atom stereocenters. The highest BCUT2D eigenvalue weighted by Crippen LogP contribution is 2.62. The van der Waals surface area contributed by atoms with Crippen molar-refractivity contribution in [3.05, 3.63) is 11.7 Å². The molecule has 0 bridgehead atoms. The monoisotopic (exact) mass is 354 g/mol. The van der Waals surface area contributed by atoms with Crippen LogP contribution in [0, 0.1) is 5.41 Å². The number of alkyl halides is 9. The molecule has 0 aromatic heterocycles. The number of esters is 1. The Morgan fingerprint density at radius 1 is 0.818 bits per heavy atom. The Hall–Kier alpha value is -1.56. The number of carbonyl (C=O) groups excluding carboxylic acids is 1. The van der Waals surface area contributed by atoms with Gasteiger partial charge in [-0.15, -0.1) is 0 Å². The fourth-order valence-electron chi connectivity index (χ4n) is 1.39. The van der Waals surface area contributed by atoms with Crippen LogP contribution in [-0.4, -0.2) is 31.6 Å². The van der Waals surface area contributed by atoms with Crippen molar-refractivity contribution in [2.75, 3.05) is 7.11 Å². The highest BCUT2D eigenvalue weighted by atomic mass is 19.4. The highest BCUT2D eigenvalue weighted by Gasteiger charge is 2.83. The van der Waals surface area contributed by atoms with Gasteiger partial charge < -0.3 is 4.74 Å². The molecule has 0 aliphatic heterocycles. The number of carbonyl (C=O) groups is 1. The molecular formula is C9H5F11O2. The summed E-state index contributed by atoms with van der Waals surface area (Å²) in [7, 11) is 0.293. The lowest BCUT2D eigenvalue weighted by molar-refractivity contribution is -0.426. The molecule has 0 aliphatic carbocycles. The number of halogens is 11. The van der Waals surface area contributed by atoms with E-state index >= 15 is 0 Å². The summed E-state index contributed by atoms with van der Waals surface area (Å²) in [6.07, 6.45) is -28.0. The van der Waals surface area contributed by atoms with E-state index in [9.17, 15) is 53.1 Å². The molecule has 22 heavy (non-hydrogen) atoms. The van der Waals surface area contributed by atoms with E-state index in [4.69, 9.17) is 0 Å². The zero-order chi connectivity index (χ0) is 18.1. The predicted molar refractivity (Wildman–Crippen MR) is 46.5 cm³/mol. The maximum Gasteiger partial charge on any atom is 0.412 e. The van der Waals surface area contributed by atoms with Crippen molar-refractivity contribution in [1.82, 2.24) is 0 Å². The minimum atomic E-state index is -7.04. The van der Waals surface area contributed by atoms with E-state index in [0.717, 1.165) is 0 Å². The third-order valence-electron chi connectivity index (χ3n) is 2.55. The minimum absolute atomic E-state index is 0.293. The van der Waals surface area contributed by atoms with Gasteiger partial charge in [-0.2, -0.15) is 48.3 Å². The van der Waals surface area contributed by atoms with Gasteiger partial charge >= 0.3 is 24.5 Å². The molecule has 0 spiro atoms. The van der Waals surface area contributed by atoms with Crippen LogP contribution in [-0.2, 0) is 9.53 Å². The zero-order valence-electron chi connectivity index (χ0n) is 10.2. The molecule has 0 amide bonds. The van der Waals surface area contributed by atoms with E-state index in [0.29, 0.717) is 7.11 Å². The van der Waals surface area contributed by atoms with Crippen molar-refractivity contribution < 1.29 is 57.8 Å². The number of hydrogen-bond acceptors (Lipinski definition) is 2. The quantitative estimate of drug-likeness (QED) is 0.427. The van der Waals surface area contributed by atoms with Gasteiger partial charge in [0.2, 0.25) is 0 Å². The standard InChI is InChI=1S/C9H5F11O2/c1-22-5(21)3(4(10)11)2-6(7(12,13)14,8(15,16)17)9(18,19)20/h2H2,1H3. The van der Waals surface area contributed by atoms with Gasteiger partial charge in [-0.3, -0.25) is 0 Å². The second-order valence-electron chi connectivity index (χ2n) is 3.81. The number of methoxy groups -OCH3 is 1. The fraction of sp³-hybridized carbons (Fsp3) is 0.667. The molecular weight excluding hydrogens is 349 g/mol. The second kappa shape index (κ2) is 5.91. The molecule has 0 fully saturated rings. The van der Waals surface area contributed by atoms with Crippen LogP contribution >= 0.6 is 0 Å². The normalized spacial score (nSPS) is 13.8. The van der Waals surface area contributed by atoms with Gasteiger partial charge in [0.05, 0.1) is 7.11 Å². The van der Waals surface area contributed by atoms with E-state index in [1.165, 1.54) is 0 Å². The summed E-state index contributed by atoms with van der Waals surface area (Å²) in [5.74, 6) is -2.44. The van der Waals surface area contributed by atoms with Crippen molar-refractivity contribution >= 4 is 5.97 Å². The molecule has 0 aromatic carbocycles. The Labute approximate surface area is 114 Å². The summed E-state index contributed by atoms with van der Waals surface area (Å²) >= 11 is 0. The SMILES string of the molecule is COC(=O)C(CC(C(F)(F)F)(C(F)(F)F)C(F)(F)F)=C(F)F. The van der Waals surface area contributed by atoms with Gasteiger partial charge in [-0.05, 0) is 0 Å². The average molecular weight is 354 g/mol. The zero-order valence-corrected chi connectivity index (χ0v) is 10.2. The maximum atomic E-state index is 12.5. The number of hydrogen-bond donors (Lipinski definition) is 0. The van der Waals surface area contributed by atoms with E-state index < -0.39 is 48.0 Å². The van der Waals surface area contributed by atoms with Crippen LogP contribution in [0.2, 0.25) is 0 Å². The average Bonchev–Trinajstić information content (AvgIpc) is 2.22. The minimum Gasteiger partial charge on any atom is -0.466 e. The van der Waals surface area contributed by atoms with E-state index in [1.54, 1.807) is 0 Å². The summed E-state index contributed by atoms with van der Waals surface area (Å²) < 4.78 is 141.